The average Bonchev–Trinajstić information content (AvgIpc) is 3.13. The van der Waals surface area contributed by atoms with Gasteiger partial charge >= 0.3 is 0 Å². The van der Waals surface area contributed by atoms with E-state index in [2.05, 4.69) is 10.3 Å². The molecule has 0 aliphatic heterocycles. The van der Waals surface area contributed by atoms with Crippen LogP contribution in [0.2, 0.25) is 0 Å². The standard InChI is InChI=1S/C24H28F2N4O4/c1-24(2,34-15-32)14-29(3)18-8-9-20-19(13-18)27-23(30(20)10-5-11-31)28-22(33)17-7-4-6-16(12-17)21(25)26/h4,6-9,12-13,15,21,31H,5,10-11,14H2,1-3H3,(H,27,28,33). The van der Waals surface area contributed by atoms with Crippen molar-refractivity contribution >= 4 is 35.0 Å². The van der Waals surface area contributed by atoms with Crippen molar-refractivity contribution in [1.82, 2.24) is 9.55 Å². The Morgan fingerprint density at radius 2 is 2.06 bits per heavy atom. The van der Waals surface area contributed by atoms with Crippen LogP contribution in [0.15, 0.2) is 42.5 Å². The van der Waals surface area contributed by atoms with Crippen molar-refractivity contribution in [2.75, 3.05) is 30.4 Å². The number of alkyl halides is 2. The summed E-state index contributed by atoms with van der Waals surface area (Å²) >= 11 is 0. The molecule has 10 heteroatoms. The monoisotopic (exact) mass is 474 g/mol. The van der Waals surface area contributed by atoms with Crippen LogP contribution in [-0.2, 0) is 16.1 Å². The molecule has 8 nitrogen and oxygen atoms in total. The summed E-state index contributed by atoms with van der Waals surface area (Å²) in [7, 11) is 1.86. The number of likely N-dealkylation sites (N-methyl/N-ethyl adjacent to an activating group) is 1. The first-order valence-electron chi connectivity index (χ1n) is 10.8. The van der Waals surface area contributed by atoms with Crippen LogP contribution in [-0.4, -0.2) is 52.8 Å². The van der Waals surface area contributed by atoms with Crippen molar-refractivity contribution in [3.8, 4) is 0 Å². The Labute approximate surface area is 196 Å². The Balaban J connectivity index is 1.92. The second-order valence-electron chi connectivity index (χ2n) is 8.55. The van der Waals surface area contributed by atoms with Gasteiger partial charge in [-0.2, -0.15) is 0 Å². The summed E-state index contributed by atoms with van der Waals surface area (Å²) in [4.78, 5) is 30.0. The summed E-state index contributed by atoms with van der Waals surface area (Å²) in [5, 5.41) is 12.0. The zero-order chi connectivity index (χ0) is 24.9. The Morgan fingerprint density at radius 3 is 2.74 bits per heavy atom. The summed E-state index contributed by atoms with van der Waals surface area (Å²) in [6, 6.07) is 10.9. The number of anilines is 2. The van der Waals surface area contributed by atoms with E-state index in [1.165, 1.54) is 18.2 Å². The van der Waals surface area contributed by atoms with Crippen LogP contribution >= 0.6 is 0 Å². The highest BCUT2D eigenvalue weighted by molar-refractivity contribution is 6.04. The van der Waals surface area contributed by atoms with Gasteiger partial charge in [0, 0.05) is 37.0 Å². The third kappa shape index (κ3) is 5.88. The molecule has 0 radical (unpaired) electrons. The van der Waals surface area contributed by atoms with Gasteiger partial charge in [0.25, 0.3) is 18.8 Å². The number of aryl methyl sites for hydroxylation is 1. The number of carbonyl (C=O) groups excluding carboxylic acids is 2. The number of imidazole rings is 1. The molecule has 34 heavy (non-hydrogen) atoms. The summed E-state index contributed by atoms with van der Waals surface area (Å²) < 4.78 is 32.9. The van der Waals surface area contributed by atoms with Gasteiger partial charge in [-0.1, -0.05) is 12.1 Å². The van der Waals surface area contributed by atoms with E-state index in [4.69, 9.17) is 4.74 Å². The van der Waals surface area contributed by atoms with Crippen LogP contribution in [0, 0.1) is 0 Å². The quantitative estimate of drug-likeness (QED) is 0.408. The highest BCUT2D eigenvalue weighted by atomic mass is 19.3. The summed E-state index contributed by atoms with van der Waals surface area (Å²) in [6.45, 7) is 4.82. The molecule has 1 aromatic heterocycles. The number of benzene rings is 2. The van der Waals surface area contributed by atoms with Crippen molar-refractivity contribution in [3.05, 3.63) is 53.6 Å². The minimum Gasteiger partial charge on any atom is -0.460 e. The number of hydrogen-bond acceptors (Lipinski definition) is 6. The lowest BCUT2D eigenvalue weighted by Gasteiger charge is -2.30. The molecule has 0 aliphatic rings. The molecule has 0 aliphatic carbocycles. The first kappa shape index (κ1) is 25.1. The molecule has 0 spiro atoms. The summed E-state index contributed by atoms with van der Waals surface area (Å²) in [6.07, 6.45) is -2.24. The van der Waals surface area contributed by atoms with Crippen LogP contribution in [0.25, 0.3) is 11.0 Å². The van der Waals surface area contributed by atoms with Gasteiger partial charge in [0.05, 0.1) is 17.6 Å². The van der Waals surface area contributed by atoms with Gasteiger partial charge in [-0.05, 0) is 50.6 Å². The van der Waals surface area contributed by atoms with Gasteiger partial charge in [-0.3, -0.25) is 14.9 Å². The van der Waals surface area contributed by atoms with Gasteiger partial charge in [0.2, 0.25) is 5.95 Å². The normalized spacial score (nSPS) is 11.6. The van der Waals surface area contributed by atoms with Gasteiger partial charge in [-0.15, -0.1) is 0 Å². The third-order valence-electron chi connectivity index (χ3n) is 5.32. The first-order valence-corrected chi connectivity index (χ1v) is 10.8. The van der Waals surface area contributed by atoms with Gasteiger partial charge < -0.3 is 19.3 Å². The Kier molecular flexibility index (Phi) is 7.83. The number of amides is 1. The molecule has 182 valence electrons. The zero-order valence-corrected chi connectivity index (χ0v) is 19.3. The molecule has 0 atom stereocenters. The molecule has 3 aromatic rings. The van der Waals surface area contributed by atoms with Crippen LogP contribution in [0.5, 0.6) is 0 Å². The maximum absolute atomic E-state index is 13.0. The second kappa shape index (κ2) is 10.6. The van der Waals surface area contributed by atoms with Crippen LogP contribution in [0.1, 0.15) is 42.6 Å². The van der Waals surface area contributed by atoms with Crippen molar-refractivity contribution in [3.63, 3.8) is 0 Å². The number of fused-ring (bicyclic) bond motifs is 1. The molecule has 0 saturated heterocycles. The number of aliphatic hydroxyl groups excluding tert-OH is 1. The minimum absolute atomic E-state index is 0.0455. The fourth-order valence-corrected chi connectivity index (χ4v) is 3.73. The van der Waals surface area contributed by atoms with Crippen molar-refractivity contribution < 1.29 is 28.2 Å². The van der Waals surface area contributed by atoms with Gasteiger partial charge in [-0.25, -0.2) is 13.8 Å². The predicted molar refractivity (Wildman–Crippen MR) is 125 cm³/mol. The predicted octanol–water partition coefficient (Wildman–Crippen LogP) is 4.00. The number of nitrogens with zero attached hydrogens (tertiary/aromatic N) is 3. The maximum atomic E-state index is 13.0. The number of carbonyl (C=O) groups is 2. The number of nitrogens with one attached hydrogen (secondary N) is 1. The number of ether oxygens (including phenoxy) is 1. The lowest BCUT2D eigenvalue weighted by atomic mass is 10.1. The molecular formula is C24H28F2N4O4. The SMILES string of the molecule is CN(CC(C)(C)OC=O)c1ccc2c(c1)nc(NC(=O)c1cccc(C(F)F)c1)n2CCCO. The lowest BCUT2D eigenvalue weighted by molar-refractivity contribution is -0.139. The zero-order valence-electron chi connectivity index (χ0n) is 19.3. The molecule has 0 saturated carbocycles. The number of rotatable bonds is 11. The average molecular weight is 475 g/mol. The number of aromatic nitrogens is 2. The number of hydrogen-bond donors (Lipinski definition) is 2. The van der Waals surface area contributed by atoms with Gasteiger partial charge in [0.1, 0.15) is 5.60 Å². The maximum Gasteiger partial charge on any atom is 0.293 e. The Hall–Kier alpha value is -3.53. The van der Waals surface area contributed by atoms with Crippen LogP contribution in [0.4, 0.5) is 20.4 Å². The molecule has 0 fully saturated rings. The first-order chi connectivity index (χ1) is 16.1. The highest BCUT2D eigenvalue weighted by Crippen LogP contribution is 2.27. The van der Waals surface area contributed by atoms with Crippen molar-refractivity contribution in [2.45, 2.75) is 38.8 Å². The van der Waals surface area contributed by atoms with E-state index in [1.54, 1.807) is 18.4 Å². The third-order valence-corrected chi connectivity index (χ3v) is 5.32. The molecule has 0 bridgehead atoms. The van der Waals surface area contributed by atoms with E-state index in [1.807, 2.05) is 30.1 Å². The van der Waals surface area contributed by atoms with E-state index in [9.17, 15) is 23.5 Å². The van der Waals surface area contributed by atoms with Crippen molar-refractivity contribution in [1.29, 1.82) is 0 Å². The molecule has 1 amide bonds. The minimum atomic E-state index is -2.68. The van der Waals surface area contributed by atoms with E-state index in [0.717, 1.165) is 17.3 Å². The van der Waals surface area contributed by atoms with Gasteiger partial charge in [0.15, 0.2) is 0 Å². The topological polar surface area (TPSA) is 96.7 Å². The highest BCUT2D eigenvalue weighted by Gasteiger charge is 2.22. The van der Waals surface area contributed by atoms with E-state index in [0.29, 0.717) is 31.5 Å². The Bertz CT molecular complexity index is 1160. The smallest absolute Gasteiger partial charge is 0.293 e. The summed E-state index contributed by atoms with van der Waals surface area (Å²) in [5.74, 6) is -0.312. The van der Waals surface area contributed by atoms with Crippen molar-refractivity contribution in [2.24, 2.45) is 0 Å². The fourth-order valence-electron chi connectivity index (χ4n) is 3.73. The second-order valence-corrected chi connectivity index (χ2v) is 8.55. The number of aliphatic hydroxyl groups is 1. The molecule has 1 heterocycles. The van der Waals surface area contributed by atoms with E-state index in [-0.39, 0.29) is 23.7 Å². The van der Waals surface area contributed by atoms with E-state index < -0.39 is 17.9 Å². The molecule has 0 unspecified atom stereocenters. The summed E-state index contributed by atoms with van der Waals surface area (Å²) in [5.41, 5.74) is 1.33. The van der Waals surface area contributed by atoms with Crippen LogP contribution < -0.4 is 10.2 Å². The molecular weight excluding hydrogens is 446 g/mol. The largest absolute Gasteiger partial charge is 0.460 e. The van der Waals surface area contributed by atoms with E-state index >= 15 is 0 Å². The number of halogens is 2. The Morgan fingerprint density at radius 1 is 1.29 bits per heavy atom. The van der Waals surface area contributed by atoms with Crippen LogP contribution in [0.3, 0.4) is 0 Å². The molecule has 3 rings (SSSR count). The molecule has 2 aromatic carbocycles. The molecule has 2 N–H and O–H groups in total. The lowest BCUT2D eigenvalue weighted by Crippen LogP contribution is -2.38. The fraction of sp³-hybridized carbons (Fsp3) is 0.375.